The Balaban J connectivity index is 1.47. The standard InChI is InChI=1S/C39H41FN2O7/c1-41-14-12-26-20-35(47-5)38(40)39-37(26)29(41)16-24-8-11-31(45-3)33(18-24)48-27-9-6-23(7-10-27)17-30-28-21-34(49-39)32(46-4)19-25(28)13-15-42(30,2)22-36(43)44/h6-11,18-21,29-30H,12-17,22H2,1-5H3. The Morgan fingerprint density at radius 1 is 0.878 bits per heavy atom. The minimum Gasteiger partial charge on any atom is -0.544 e. The Bertz CT molecular complexity index is 1910. The zero-order valence-corrected chi connectivity index (χ0v) is 28.5. The largest absolute Gasteiger partial charge is 0.544 e. The van der Waals surface area contributed by atoms with Crippen molar-refractivity contribution in [1.82, 2.24) is 4.90 Å². The minimum absolute atomic E-state index is 0.0875. The van der Waals surface area contributed by atoms with E-state index < -0.39 is 11.8 Å². The van der Waals surface area contributed by atoms with E-state index in [0.29, 0.717) is 61.0 Å². The second-order valence-electron chi connectivity index (χ2n) is 13.5. The van der Waals surface area contributed by atoms with Gasteiger partial charge in [0.1, 0.15) is 18.3 Å². The zero-order valence-electron chi connectivity index (χ0n) is 28.5. The number of quaternary nitrogens is 1. The van der Waals surface area contributed by atoms with Crippen LogP contribution in [-0.2, 0) is 30.5 Å². The van der Waals surface area contributed by atoms with E-state index in [-0.39, 0.29) is 34.6 Å². The Hall–Kier alpha value is -4.80. The number of carboxylic acid groups (broad SMARTS) is 1. The van der Waals surface area contributed by atoms with E-state index in [0.717, 1.165) is 39.9 Å². The molecule has 9 nitrogen and oxygen atoms in total. The van der Waals surface area contributed by atoms with Crippen LogP contribution in [0.1, 0.15) is 45.5 Å². The summed E-state index contributed by atoms with van der Waals surface area (Å²) in [4.78, 5) is 14.3. The second-order valence-corrected chi connectivity index (χ2v) is 13.5. The molecule has 6 bridgehead atoms. The molecule has 0 saturated carbocycles. The molecule has 0 N–H and O–H groups in total. The van der Waals surface area contributed by atoms with E-state index in [9.17, 15) is 9.90 Å². The van der Waals surface area contributed by atoms with Crippen molar-refractivity contribution in [1.29, 1.82) is 0 Å². The lowest BCUT2D eigenvalue weighted by atomic mass is 9.86. The third-order valence-corrected chi connectivity index (χ3v) is 10.5. The Morgan fingerprint density at radius 2 is 1.57 bits per heavy atom. The first-order chi connectivity index (χ1) is 23.6. The molecular formula is C39H41FN2O7. The van der Waals surface area contributed by atoms with Crippen LogP contribution >= 0.6 is 0 Å². The van der Waals surface area contributed by atoms with Gasteiger partial charge in [-0.05, 0) is 84.6 Å². The normalized spacial score (nSPS) is 21.3. The first kappa shape index (κ1) is 32.7. The van der Waals surface area contributed by atoms with Crippen LogP contribution in [0.3, 0.4) is 0 Å². The molecule has 4 aromatic carbocycles. The number of carboxylic acids is 1. The summed E-state index contributed by atoms with van der Waals surface area (Å²) in [5.41, 5.74) is 5.65. The Labute approximate surface area is 285 Å². The molecule has 49 heavy (non-hydrogen) atoms. The average Bonchev–Trinajstić information content (AvgIpc) is 3.08. The van der Waals surface area contributed by atoms with Gasteiger partial charge in [0.25, 0.3) is 0 Å². The smallest absolute Gasteiger partial charge is 0.207 e. The molecule has 4 aliphatic heterocycles. The van der Waals surface area contributed by atoms with Gasteiger partial charge in [-0.25, -0.2) is 0 Å². The maximum absolute atomic E-state index is 16.6. The number of hydrogen-bond acceptors (Lipinski definition) is 8. The summed E-state index contributed by atoms with van der Waals surface area (Å²) in [6, 6.07) is 18.8. The molecule has 0 fully saturated rings. The molecule has 3 unspecified atom stereocenters. The van der Waals surface area contributed by atoms with Crippen LogP contribution in [-0.4, -0.2) is 70.4 Å². The number of rotatable bonds is 5. The fourth-order valence-corrected chi connectivity index (χ4v) is 7.80. The summed E-state index contributed by atoms with van der Waals surface area (Å²) in [6.45, 7) is 1.20. The van der Waals surface area contributed by atoms with Gasteiger partial charge in [0, 0.05) is 36.6 Å². The van der Waals surface area contributed by atoms with Crippen molar-refractivity contribution >= 4 is 5.97 Å². The lowest BCUT2D eigenvalue weighted by Crippen LogP contribution is -2.56. The van der Waals surface area contributed by atoms with Crippen molar-refractivity contribution in [3.05, 3.63) is 99.9 Å². The first-order valence-electron chi connectivity index (χ1n) is 16.6. The summed E-state index contributed by atoms with van der Waals surface area (Å²) < 4.78 is 46.9. The molecule has 0 aliphatic carbocycles. The van der Waals surface area contributed by atoms with Gasteiger partial charge < -0.3 is 38.1 Å². The Kier molecular flexibility index (Phi) is 8.62. The van der Waals surface area contributed by atoms with Crippen molar-refractivity contribution in [3.8, 4) is 40.2 Å². The van der Waals surface area contributed by atoms with Gasteiger partial charge in [-0.15, -0.1) is 0 Å². The molecule has 0 saturated heterocycles. The highest BCUT2D eigenvalue weighted by atomic mass is 19.1. The van der Waals surface area contributed by atoms with Crippen LogP contribution in [0.2, 0.25) is 0 Å². The predicted octanol–water partition coefficient (Wildman–Crippen LogP) is 5.56. The number of carbonyl (C=O) groups is 1. The molecule has 10 heteroatoms. The lowest BCUT2D eigenvalue weighted by Gasteiger charge is -2.46. The maximum Gasteiger partial charge on any atom is 0.207 e. The third kappa shape index (κ3) is 6.04. The lowest BCUT2D eigenvalue weighted by molar-refractivity contribution is -0.936. The molecule has 4 aliphatic rings. The number of hydrogen-bond donors (Lipinski definition) is 0. The summed E-state index contributed by atoms with van der Waals surface area (Å²) in [7, 11) is 8.63. The quantitative estimate of drug-likeness (QED) is 0.256. The van der Waals surface area contributed by atoms with E-state index in [1.807, 2.05) is 68.7 Å². The zero-order chi connectivity index (χ0) is 34.4. The number of aliphatic carboxylic acids is 1. The highest BCUT2D eigenvalue weighted by molar-refractivity contribution is 5.65. The molecule has 3 atom stereocenters. The summed E-state index contributed by atoms with van der Waals surface area (Å²) in [6.07, 6.45) is 2.41. The third-order valence-electron chi connectivity index (χ3n) is 10.5. The van der Waals surface area contributed by atoms with Crippen LogP contribution in [0.15, 0.2) is 60.7 Å². The highest BCUT2D eigenvalue weighted by Crippen LogP contribution is 2.49. The van der Waals surface area contributed by atoms with Crippen molar-refractivity contribution in [2.24, 2.45) is 0 Å². The summed E-state index contributed by atoms with van der Waals surface area (Å²) in [5.74, 6) is 1.12. The molecule has 0 spiro atoms. The first-order valence-corrected chi connectivity index (χ1v) is 16.6. The SMILES string of the molecule is COc1ccc2cc1Oc1ccc(cc1)CC1c3cc(c(OC)cc3CC[N+]1(C)CC(=O)[O-])Oc1c(F)c(OC)cc3c1C(C2)N(C)CC3. The van der Waals surface area contributed by atoms with Gasteiger partial charge in [-0.3, -0.25) is 4.90 Å². The van der Waals surface area contributed by atoms with Crippen LogP contribution in [0.4, 0.5) is 4.39 Å². The number of benzene rings is 4. The van der Waals surface area contributed by atoms with Crippen LogP contribution in [0.25, 0.3) is 0 Å². The number of fused-ring (bicyclic) bond motifs is 2. The van der Waals surface area contributed by atoms with E-state index in [1.54, 1.807) is 20.3 Å². The van der Waals surface area contributed by atoms with Gasteiger partial charge in [-0.2, -0.15) is 4.39 Å². The number of likely N-dealkylation sites (N-methyl/N-ethyl adjacent to an activating group) is 2. The molecule has 256 valence electrons. The van der Waals surface area contributed by atoms with Crippen LogP contribution in [0.5, 0.6) is 40.2 Å². The molecule has 0 amide bonds. The van der Waals surface area contributed by atoms with Crippen molar-refractivity contribution in [3.63, 3.8) is 0 Å². The number of nitrogens with zero attached hydrogens (tertiary/aromatic N) is 2. The molecule has 0 radical (unpaired) electrons. The number of methoxy groups -OCH3 is 3. The summed E-state index contributed by atoms with van der Waals surface area (Å²) >= 11 is 0. The molecule has 4 heterocycles. The van der Waals surface area contributed by atoms with Crippen LogP contribution < -0.4 is 28.8 Å². The van der Waals surface area contributed by atoms with E-state index in [1.165, 1.54) is 7.11 Å². The van der Waals surface area contributed by atoms with Gasteiger partial charge in [0.15, 0.2) is 34.5 Å². The maximum atomic E-state index is 16.6. The molecule has 8 rings (SSSR count). The molecule has 0 aromatic heterocycles. The van der Waals surface area contributed by atoms with Gasteiger partial charge in [-0.1, -0.05) is 18.2 Å². The van der Waals surface area contributed by atoms with Crippen molar-refractivity contribution in [2.45, 2.75) is 37.8 Å². The van der Waals surface area contributed by atoms with Gasteiger partial charge in [0.05, 0.1) is 40.9 Å². The van der Waals surface area contributed by atoms with Crippen molar-refractivity contribution < 1.29 is 42.5 Å². The highest BCUT2D eigenvalue weighted by Gasteiger charge is 2.41. The van der Waals surface area contributed by atoms with Gasteiger partial charge >= 0.3 is 0 Å². The monoisotopic (exact) mass is 668 g/mol. The van der Waals surface area contributed by atoms with Gasteiger partial charge in [0.2, 0.25) is 5.82 Å². The fourth-order valence-electron chi connectivity index (χ4n) is 7.80. The van der Waals surface area contributed by atoms with Crippen LogP contribution in [0, 0.1) is 5.82 Å². The fraction of sp³-hybridized carbons (Fsp3) is 0.359. The number of halogens is 1. The second kappa shape index (κ2) is 12.9. The predicted molar refractivity (Wildman–Crippen MR) is 179 cm³/mol. The van der Waals surface area contributed by atoms with Crippen molar-refractivity contribution in [2.75, 3.05) is 55.1 Å². The van der Waals surface area contributed by atoms with E-state index >= 15 is 4.39 Å². The molecular weight excluding hydrogens is 627 g/mol. The molecule has 4 aromatic rings. The number of ether oxygens (including phenoxy) is 5. The van der Waals surface area contributed by atoms with E-state index in [2.05, 4.69) is 4.90 Å². The minimum atomic E-state index is -1.12. The Morgan fingerprint density at radius 3 is 2.29 bits per heavy atom. The summed E-state index contributed by atoms with van der Waals surface area (Å²) in [5, 5.41) is 12.1. The number of carbonyl (C=O) groups excluding carboxylic acids is 1. The topological polar surface area (TPSA) is 89.5 Å². The van der Waals surface area contributed by atoms with E-state index in [4.69, 9.17) is 23.7 Å². The average molecular weight is 669 g/mol.